The lowest BCUT2D eigenvalue weighted by molar-refractivity contribution is -0.140. The molecule has 0 radical (unpaired) electrons. The number of hydrogen-bond donors (Lipinski definition) is 1. The van der Waals surface area contributed by atoms with E-state index in [1.807, 2.05) is 13.8 Å². The summed E-state index contributed by atoms with van der Waals surface area (Å²) >= 11 is 0. The largest absolute Gasteiger partial charge is 0.480 e. The molecule has 0 aromatic rings. The number of rotatable bonds is 3. The highest BCUT2D eigenvalue weighted by atomic mass is 16.5. The highest BCUT2D eigenvalue weighted by molar-refractivity contribution is 5.84. The molecule has 4 nitrogen and oxygen atoms in total. The molecule has 0 aliphatic carbocycles. The molecular formula is C9H15NO3. The first-order chi connectivity index (χ1) is 6.00. The van der Waals surface area contributed by atoms with Crippen LogP contribution in [-0.2, 0) is 9.53 Å². The van der Waals surface area contributed by atoms with Crippen LogP contribution in [0.25, 0.3) is 0 Å². The molecule has 0 aromatic carbocycles. The van der Waals surface area contributed by atoms with Crippen molar-refractivity contribution in [3.63, 3.8) is 0 Å². The maximum atomic E-state index is 10.8. The van der Waals surface area contributed by atoms with Crippen molar-refractivity contribution in [3.05, 3.63) is 0 Å². The molecule has 0 saturated heterocycles. The van der Waals surface area contributed by atoms with Crippen molar-refractivity contribution in [1.29, 1.82) is 0 Å². The fourth-order valence-electron chi connectivity index (χ4n) is 1.45. The first-order valence-corrected chi connectivity index (χ1v) is 4.44. The van der Waals surface area contributed by atoms with E-state index in [1.165, 1.54) is 0 Å². The van der Waals surface area contributed by atoms with Crippen molar-refractivity contribution in [3.8, 4) is 0 Å². The summed E-state index contributed by atoms with van der Waals surface area (Å²) in [6.45, 7) is 5.77. The molecule has 1 rings (SSSR count). The van der Waals surface area contributed by atoms with Gasteiger partial charge in [-0.1, -0.05) is 13.8 Å². The second-order valence-corrected chi connectivity index (χ2v) is 3.72. The minimum Gasteiger partial charge on any atom is -0.480 e. The minimum absolute atomic E-state index is 0.280. The third kappa shape index (κ3) is 2.44. The lowest BCUT2D eigenvalue weighted by Gasteiger charge is -2.16. The lowest BCUT2D eigenvalue weighted by Crippen LogP contribution is -2.31. The van der Waals surface area contributed by atoms with Gasteiger partial charge in [0.25, 0.3) is 0 Å². The molecule has 0 aromatic heterocycles. The van der Waals surface area contributed by atoms with Gasteiger partial charge in [-0.15, -0.1) is 0 Å². The number of nitrogens with zero attached hydrogens (tertiary/aromatic N) is 1. The molecule has 2 unspecified atom stereocenters. The van der Waals surface area contributed by atoms with Crippen LogP contribution in [0.2, 0.25) is 0 Å². The molecular weight excluding hydrogens is 170 g/mol. The smallest absolute Gasteiger partial charge is 0.332 e. The van der Waals surface area contributed by atoms with E-state index < -0.39 is 12.0 Å². The van der Waals surface area contributed by atoms with Crippen LogP contribution in [0.3, 0.4) is 0 Å². The van der Waals surface area contributed by atoms with E-state index in [2.05, 4.69) is 4.99 Å². The molecule has 0 amide bonds. The summed E-state index contributed by atoms with van der Waals surface area (Å²) in [4.78, 5) is 14.7. The summed E-state index contributed by atoms with van der Waals surface area (Å²) in [6.07, 6.45) is 0.454. The molecule has 74 valence electrons. The van der Waals surface area contributed by atoms with E-state index in [0.29, 0.717) is 11.8 Å². The van der Waals surface area contributed by atoms with E-state index in [4.69, 9.17) is 9.84 Å². The molecule has 13 heavy (non-hydrogen) atoms. The molecule has 4 heteroatoms. The van der Waals surface area contributed by atoms with Crippen LogP contribution in [0, 0.1) is 5.92 Å². The zero-order valence-electron chi connectivity index (χ0n) is 8.15. The summed E-state index contributed by atoms with van der Waals surface area (Å²) in [6, 6.07) is -0.706. The second kappa shape index (κ2) is 3.77. The van der Waals surface area contributed by atoms with E-state index in [9.17, 15) is 4.79 Å². The summed E-state index contributed by atoms with van der Waals surface area (Å²) in [7, 11) is 0. The van der Waals surface area contributed by atoms with Crippen LogP contribution in [0.4, 0.5) is 0 Å². The zero-order valence-corrected chi connectivity index (χ0v) is 8.15. The molecule has 0 spiro atoms. The van der Waals surface area contributed by atoms with Crippen LogP contribution in [0.5, 0.6) is 0 Å². The van der Waals surface area contributed by atoms with Gasteiger partial charge in [0.15, 0.2) is 11.9 Å². The lowest BCUT2D eigenvalue weighted by atomic mass is 10.0. The first-order valence-electron chi connectivity index (χ1n) is 4.44. The summed E-state index contributed by atoms with van der Waals surface area (Å²) in [5, 5.41) is 8.83. The Bertz CT molecular complexity index is 235. The van der Waals surface area contributed by atoms with Crippen molar-refractivity contribution in [2.75, 3.05) is 0 Å². The van der Waals surface area contributed by atoms with Gasteiger partial charge in [0.2, 0.25) is 0 Å². The number of hydrogen-bond acceptors (Lipinski definition) is 3. The van der Waals surface area contributed by atoms with Gasteiger partial charge in [-0.3, -0.25) is 0 Å². The van der Waals surface area contributed by atoms with E-state index in [0.717, 1.165) is 6.42 Å². The van der Waals surface area contributed by atoms with Gasteiger partial charge < -0.3 is 9.84 Å². The standard InChI is InChI=1S/C9H15NO3/c1-5(2)4-7-8(9(11)12)10-6(3)13-7/h5,7-8H,4H2,1-3H3,(H,11,12). The maximum Gasteiger partial charge on any atom is 0.332 e. The summed E-state index contributed by atoms with van der Waals surface area (Å²) in [5.74, 6) is 0.00787. The van der Waals surface area contributed by atoms with Gasteiger partial charge in [0.05, 0.1) is 0 Å². The fraction of sp³-hybridized carbons (Fsp3) is 0.778. The van der Waals surface area contributed by atoms with Crippen molar-refractivity contribution in [1.82, 2.24) is 0 Å². The number of aliphatic carboxylic acids is 1. The Morgan fingerprint density at radius 1 is 1.69 bits per heavy atom. The van der Waals surface area contributed by atoms with Crippen LogP contribution >= 0.6 is 0 Å². The normalized spacial score (nSPS) is 27.2. The van der Waals surface area contributed by atoms with Crippen LogP contribution in [0.1, 0.15) is 27.2 Å². The average Bonchev–Trinajstić information content (AvgIpc) is 2.29. The molecule has 0 saturated carbocycles. The quantitative estimate of drug-likeness (QED) is 0.721. The highest BCUT2D eigenvalue weighted by Gasteiger charge is 2.35. The topological polar surface area (TPSA) is 58.9 Å². The zero-order chi connectivity index (χ0) is 10.0. The van der Waals surface area contributed by atoms with Gasteiger partial charge in [0, 0.05) is 6.92 Å². The minimum atomic E-state index is -0.900. The third-order valence-corrected chi connectivity index (χ3v) is 1.95. The van der Waals surface area contributed by atoms with Gasteiger partial charge >= 0.3 is 5.97 Å². The Kier molecular flexibility index (Phi) is 2.90. The number of carbonyl (C=O) groups is 1. The molecule has 1 aliphatic heterocycles. The number of ether oxygens (including phenoxy) is 1. The summed E-state index contributed by atoms with van der Waals surface area (Å²) < 4.78 is 5.32. The van der Waals surface area contributed by atoms with Gasteiger partial charge in [-0.2, -0.15) is 0 Å². The molecule has 1 N–H and O–H groups in total. The third-order valence-electron chi connectivity index (χ3n) is 1.95. The number of carboxylic acid groups (broad SMARTS) is 1. The number of aliphatic imine (C=N–C) groups is 1. The maximum absolute atomic E-state index is 10.8. The predicted molar refractivity (Wildman–Crippen MR) is 48.9 cm³/mol. The monoisotopic (exact) mass is 185 g/mol. The molecule has 2 atom stereocenters. The highest BCUT2D eigenvalue weighted by Crippen LogP contribution is 2.20. The SMILES string of the molecule is CC1=NC(C(=O)O)C(CC(C)C)O1. The second-order valence-electron chi connectivity index (χ2n) is 3.72. The Labute approximate surface area is 77.6 Å². The van der Waals surface area contributed by atoms with E-state index in [1.54, 1.807) is 6.92 Å². The van der Waals surface area contributed by atoms with Crippen molar-refractivity contribution < 1.29 is 14.6 Å². The Hall–Kier alpha value is -1.06. The van der Waals surface area contributed by atoms with Crippen LogP contribution in [0.15, 0.2) is 4.99 Å². The molecule has 0 fully saturated rings. The molecule has 1 aliphatic rings. The average molecular weight is 185 g/mol. The molecule has 1 heterocycles. The Morgan fingerprint density at radius 2 is 2.31 bits per heavy atom. The summed E-state index contributed by atoms with van der Waals surface area (Å²) in [5.41, 5.74) is 0. The van der Waals surface area contributed by atoms with Crippen molar-refractivity contribution >= 4 is 11.9 Å². The van der Waals surface area contributed by atoms with Gasteiger partial charge in [0.1, 0.15) is 6.10 Å². The van der Waals surface area contributed by atoms with Gasteiger partial charge in [-0.05, 0) is 12.3 Å². The Morgan fingerprint density at radius 3 is 2.77 bits per heavy atom. The fourth-order valence-corrected chi connectivity index (χ4v) is 1.45. The van der Waals surface area contributed by atoms with Crippen LogP contribution in [-0.4, -0.2) is 29.1 Å². The van der Waals surface area contributed by atoms with E-state index in [-0.39, 0.29) is 6.10 Å². The van der Waals surface area contributed by atoms with Crippen molar-refractivity contribution in [2.24, 2.45) is 10.9 Å². The first kappa shape index (κ1) is 10.0. The number of carboxylic acids is 1. The van der Waals surface area contributed by atoms with E-state index >= 15 is 0 Å². The predicted octanol–water partition coefficient (Wildman–Crippen LogP) is 1.30. The van der Waals surface area contributed by atoms with Gasteiger partial charge in [-0.25, -0.2) is 9.79 Å². The molecule has 0 bridgehead atoms. The van der Waals surface area contributed by atoms with Crippen molar-refractivity contribution in [2.45, 2.75) is 39.3 Å². The van der Waals surface area contributed by atoms with Crippen LogP contribution < -0.4 is 0 Å². The Balaban J connectivity index is 2.62.